The zero-order valence-corrected chi connectivity index (χ0v) is 17.6. The van der Waals surface area contributed by atoms with Crippen molar-refractivity contribution >= 4 is 44.1 Å². The molecule has 2 atom stereocenters. The minimum Gasteiger partial charge on any atom is -0.315 e. The molecule has 2 heterocycles. The van der Waals surface area contributed by atoms with Crippen molar-refractivity contribution in [3.8, 4) is 0 Å². The second-order valence-electron chi connectivity index (χ2n) is 7.16. The molecule has 0 bridgehead atoms. The highest BCUT2D eigenvalue weighted by atomic mass is 35.5. The van der Waals surface area contributed by atoms with Gasteiger partial charge in [0.05, 0.1) is 23.6 Å². The molecule has 2 aliphatic rings. The Balaban J connectivity index is 1.66. The van der Waals surface area contributed by atoms with Gasteiger partial charge in [-0.1, -0.05) is 59.3 Å². The summed E-state index contributed by atoms with van der Waals surface area (Å²) >= 11 is 7.91. The molecule has 0 radical (unpaired) electrons. The molecule has 27 heavy (non-hydrogen) atoms. The average Bonchev–Trinajstić information content (AvgIpc) is 3.06. The summed E-state index contributed by atoms with van der Waals surface area (Å²) in [6.07, 6.45) is 0. The summed E-state index contributed by atoms with van der Waals surface area (Å²) in [7, 11) is -3.04. The predicted molar refractivity (Wildman–Crippen MR) is 115 cm³/mol. The van der Waals surface area contributed by atoms with Gasteiger partial charge in [-0.2, -0.15) is 0 Å². The monoisotopic (exact) mass is 420 g/mol. The standard InChI is InChI=1S/C20H21ClN2O2S2/c1-13-7-8-18(14(2)9-13)23-19-12-27(24,25)11-17(19)22-20(23)26-10-15-5-3-4-6-16(15)21/h3-9,17,19H,10-12H2,1-2H3/t17-,19-/m0/s1. The van der Waals surface area contributed by atoms with Crippen LogP contribution in [0.3, 0.4) is 0 Å². The molecule has 1 fully saturated rings. The number of halogens is 1. The molecule has 0 aromatic heterocycles. The van der Waals surface area contributed by atoms with Crippen molar-refractivity contribution in [3.63, 3.8) is 0 Å². The molecule has 0 amide bonds. The molecule has 2 aromatic rings. The van der Waals surface area contributed by atoms with Gasteiger partial charge in [0.1, 0.15) is 0 Å². The Morgan fingerprint density at radius 3 is 2.70 bits per heavy atom. The van der Waals surface area contributed by atoms with Crippen LogP contribution in [0.15, 0.2) is 47.5 Å². The Labute approximate surface area is 169 Å². The first-order chi connectivity index (χ1) is 12.8. The Morgan fingerprint density at radius 1 is 1.19 bits per heavy atom. The van der Waals surface area contributed by atoms with Crippen LogP contribution in [-0.2, 0) is 15.6 Å². The number of aliphatic imine (C=N–C) groups is 1. The van der Waals surface area contributed by atoms with Crippen LogP contribution in [0.4, 0.5) is 5.69 Å². The Morgan fingerprint density at radius 2 is 1.96 bits per heavy atom. The first-order valence-electron chi connectivity index (χ1n) is 8.85. The highest BCUT2D eigenvalue weighted by molar-refractivity contribution is 8.13. The van der Waals surface area contributed by atoms with Gasteiger partial charge in [-0.15, -0.1) is 0 Å². The number of thioether (sulfide) groups is 1. The van der Waals surface area contributed by atoms with Crippen molar-refractivity contribution < 1.29 is 8.42 Å². The van der Waals surface area contributed by atoms with Gasteiger partial charge in [0.15, 0.2) is 15.0 Å². The van der Waals surface area contributed by atoms with Crippen molar-refractivity contribution in [1.29, 1.82) is 0 Å². The summed E-state index contributed by atoms with van der Waals surface area (Å²) in [5.41, 5.74) is 4.41. The number of rotatable bonds is 3. The molecular weight excluding hydrogens is 400 g/mol. The summed E-state index contributed by atoms with van der Waals surface area (Å²) in [5, 5.41) is 1.62. The molecule has 7 heteroatoms. The summed E-state index contributed by atoms with van der Waals surface area (Å²) in [6, 6.07) is 13.7. The number of hydrogen-bond donors (Lipinski definition) is 0. The summed E-state index contributed by atoms with van der Waals surface area (Å²) in [6.45, 7) is 4.13. The maximum atomic E-state index is 12.2. The lowest BCUT2D eigenvalue weighted by Gasteiger charge is -2.28. The molecular formula is C20H21ClN2O2S2. The van der Waals surface area contributed by atoms with E-state index in [2.05, 4.69) is 36.9 Å². The van der Waals surface area contributed by atoms with Crippen molar-refractivity contribution in [3.05, 3.63) is 64.2 Å². The fraction of sp³-hybridized carbons (Fsp3) is 0.350. The zero-order valence-electron chi connectivity index (χ0n) is 15.2. The molecule has 0 unspecified atom stereocenters. The van der Waals surface area contributed by atoms with Crippen LogP contribution in [-0.4, -0.2) is 37.2 Å². The van der Waals surface area contributed by atoms with E-state index < -0.39 is 9.84 Å². The summed E-state index contributed by atoms with van der Waals surface area (Å²) < 4.78 is 24.3. The van der Waals surface area contributed by atoms with Crippen LogP contribution >= 0.6 is 23.4 Å². The van der Waals surface area contributed by atoms with Crippen LogP contribution in [0, 0.1) is 13.8 Å². The minimum atomic E-state index is -3.04. The van der Waals surface area contributed by atoms with Crippen LogP contribution in [0.5, 0.6) is 0 Å². The molecule has 4 nitrogen and oxygen atoms in total. The fourth-order valence-corrected chi connectivity index (χ4v) is 6.99. The molecule has 0 spiro atoms. The van der Waals surface area contributed by atoms with Crippen molar-refractivity contribution in [1.82, 2.24) is 0 Å². The number of sulfone groups is 1. The van der Waals surface area contributed by atoms with Crippen LogP contribution in [0.2, 0.25) is 5.02 Å². The number of hydrogen-bond acceptors (Lipinski definition) is 5. The third-order valence-electron chi connectivity index (χ3n) is 5.03. The number of fused-ring (bicyclic) bond motifs is 1. The van der Waals surface area contributed by atoms with Crippen molar-refractivity contribution in [2.75, 3.05) is 16.4 Å². The predicted octanol–water partition coefficient (Wildman–Crippen LogP) is 4.23. The van der Waals surface area contributed by atoms with Gasteiger partial charge in [0.2, 0.25) is 0 Å². The van der Waals surface area contributed by atoms with Crippen molar-refractivity contribution in [2.45, 2.75) is 31.7 Å². The maximum Gasteiger partial charge on any atom is 0.164 e. The highest BCUT2D eigenvalue weighted by Crippen LogP contribution is 2.37. The number of amidine groups is 1. The highest BCUT2D eigenvalue weighted by Gasteiger charge is 2.47. The van der Waals surface area contributed by atoms with Crippen LogP contribution in [0.1, 0.15) is 16.7 Å². The fourth-order valence-electron chi connectivity index (χ4n) is 3.75. The second-order valence-corrected chi connectivity index (χ2v) is 10.7. The summed E-state index contributed by atoms with van der Waals surface area (Å²) in [5.74, 6) is 0.992. The summed E-state index contributed by atoms with van der Waals surface area (Å²) in [4.78, 5) is 6.93. The van der Waals surface area contributed by atoms with Gasteiger partial charge in [0.25, 0.3) is 0 Å². The minimum absolute atomic E-state index is 0.120. The van der Waals surface area contributed by atoms with E-state index in [0.717, 1.165) is 27.0 Å². The lowest BCUT2D eigenvalue weighted by molar-refractivity contribution is 0.601. The third-order valence-corrected chi connectivity index (χ3v) is 8.12. The number of aryl methyl sites for hydroxylation is 2. The number of anilines is 1. The largest absolute Gasteiger partial charge is 0.315 e. The first kappa shape index (κ1) is 18.8. The zero-order chi connectivity index (χ0) is 19.2. The quantitative estimate of drug-likeness (QED) is 0.745. The van der Waals surface area contributed by atoms with Gasteiger partial charge in [-0.25, -0.2) is 8.42 Å². The number of benzene rings is 2. The van der Waals surface area contributed by atoms with E-state index >= 15 is 0 Å². The van der Waals surface area contributed by atoms with E-state index in [0.29, 0.717) is 5.75 Å². The van der Waals surface area contributed by atoms with Gasteiger partial charge in [-0.05, 0) is 37.1 Å². The second kappa shape index (κ2) is 7.15. The van der Waals surface area contributed by atoms with E-state index in [1.165, 1.54) is 5.56 Å². The molecule has 142 valence electrons. The smallest absolute Gasteiger partial charge is 0.164 e. The van der Waals surface area contributed by atoms with E-state index in [4.69, 9.17) is 16.6 Å². The Hall–Kier alpha value is -1.50. The maximum absolute atomic E-state index is 12.2. The van der Waals surface area contributed by atoms with Gasteiger partial charge < -0.3 is 4.90 Å². The van der Waals surface area contributed by atoms with Gasteiger partial charge in [-0.3, -0.25) is 4.99 Å². The Kier molecular flexibility index (Phi) is 4.99. The molecule has 1 saturated heterocycles. The lowest BCUT2D eigenvalue weighted by Crippen LogP contribution is -2.39. The Bertz CT molecular complexity index is 1020. The molecule has 2 aliphatic heterocycles. The van der Waals surface area contributed by atoms with Gasteiger partial charge >= 0.3 is 0 Å². The van der Waals surface area contributed by atoms with E-state index in [9.17, 15) is 8.42 Å². The molecule has 4 rings (SSSR count). The van der Waals surface area contributed by atoms with Crippen LogP contribution in [0.25, 0.3) is 0 Å². The van der Waals surface area contributed by atoms with Gasteiger partial charge in [0, 0.05) is 16.5 Å². The first-order valence-corrected chi connectivity index (χ1v) is 12.0. The SMILES string of the molecule is Cc1ccc(N2C(SCc3ccccc3Cl)=N[C@H]3CS(=O)(=O)C[C@@H]32)c(C)c1. The van der Waals surface area contributed by atoms with E-state index in [1.54, 1.807) is 11.8 Å². The van der Waals surface area contributed by atoms with E-state index in [1.807, 2.05) is 24.3 Å². The third kappa shape index (κ3) is 3.75. The topological polar surface area (TPSA) is 49.7 Å². The number of nitrogens with zero attached hydrogens (tertiary/aromatic N) is 2. The van der Waals surface area contributed by atoms with Crippen LogP contribution < -0.4 is 4.90 Å². The molecule has 0 N–H and O–H groups in total. The van der Waals surface area contributed by atoms with E-state index in [-0.39, 0.29) is 23.6 Å². The lowest BCUT2D eigenvalue weighted by atomic mass is 10.1. The molecule has 0 aliphatic carbocycles. The molecule has 2 aromatic carbocycles. The van der Waals surface area contributed by atoms with Crippen molar-refractivity contribution in [2.24, 2.45) is 4.99 Å². The average molecular weight is 421 g/mol. The molecule has 0 saturated carbocycles. The normalized spacial score (nSPS) is 23.4.